The minimum absolute atomic E-state index is 0.0305. The first kappa shape index (κ1) is 75.7. The zero-order valence-electron chi connectivity index (χ0n) is 51.8. The van der Waals surface area contributed by atoms with E-state index in [0.29, 0.717) is 17.4 Å². The normalized spacial score (nSPS) is 14.4. The van der Waals surface area contributed by atoms with Gasteiger partial charge in [-0.3, -0.25) is 18.6 Å². The molecule has 0 aromatic carbocycles. The van der Waals surface area contributed by atoms with Gasteiger partial charge < -0.3 is 19.4 Å². The third kappa shape index (κ3) is 59.1. The van der Waals surface area contributed by atoms with Crippen molar-refractivity contribution >= 4 is 19.7 Å². The minimum atomic E-state index is -4.46. The lowest BCUT2D eigenvalue weighted by Gasteiger charge is -2.27. The summed E-state index contributed by atoms with van der Waals surface area (Å²) in [7, 11) is 1.47. The lowest BCUT2D eigenvalue weighted by Crippen LogP contribution is -2.47. The first-order valence-electron chi connectivity index (χ1n) is 32.2. The van der Waals surface area contributed by atoms with Crippen LogP contribution in [0.1, 0.15) is 265 Å². The fourth-order valence-electron chi connectivity index (χ4n) is 8.80. The Morgan fingerprint density at radius 1 is 0.456 bits per heavy atom. The number of likely N-dealkylation sites (N-methyl/N-ethyl adjacent to an activating group) is 1. The van der Waals surface area contributed by atoms with E-state index in [9.17, 15) is 19.0 Å². The lowest BCUT2D eigenvalue weighted by atomic mass is 10.0. The fraction of sp³-hybridized carbons (Fsp3) is 0.710. The molecule has 3 atom stereocenters. The summed E-state index contributed by atoms with van der Waals surface area (Å²) in [5.74, 6) is -0.538. The number of ether oxygens (including phenoxy) is 1. The summed E-state index contributed by atoms with van der Waals surface area (Å²) in [6.45, 7) is 6.76. The van der Waals surface area contributed by atoms with Gasteiger partial charge in [-0.1, -0.05) is 252 Å². The number of rotatable bonds is 57. The molecule has 0 spiro atoms. The number of hydrogen-bond donors (Lipinski definition) is 2. The zero-order chi connectivity index (χ0) is 57.9. The SMILES string of the molecule is CC/C=C\C/C=C\C/C=C\C/C=C\C/C=C\CCCCCCCCCCCCCC(=O)OC(/C=C\CCCCCCCCCCCC)C(COP(=O)(O)OCC[N+](C)(C)C)NC(=O)CCCCCC/C=C/C/C=C/C/C=C/CC. The third-order valence-electron chi connectivity index (χ3n) is 13.7. The zero-order valence-corrected chi connectivity index (χ0v) is 52.7. The van der Waals surface area contributed by atoms with Crippen molar-refractivity contribution < 1.29 is 37.3 Å². The van der Waals surface area contributed by atoms with Gasteiger partial charge >= 0.3 is 13.8 Å². The number of carbonyl (C=O) groups excluding carboxylic acids is 2. The van der Waals surface area contributed by atoms with E-state index in [1.54, 1.807) is 0 Å². The van der Waals surface area contributed by atoms with Crippen LogP contribution in [0.15, 0.2) is 109 Å². The van der Waals surface area contributed by atoms with Gasteiger partial charge in [0.25, 0.3) is 0 Å². The topological polar surface area (TPSA) is 111 Å². The summed E-state index contributed by atoms with van der Waals surface area (Å²) in [5, 5.41) is 3.04. The molecule has 79 heavy (non-hydrogen) atoms. The summed E-state index contributed by atoms with van der Waals surface area (Å²) >= 11 is 0. The summed E-state index contributed by atoms with van der Waals surface area (Å²) in [4.78, 5) is 37.7. The largest absolute Gasteiger partial charge is 0.472 e. The molecular weight excluding hydrogens is 1000 g/mol. The van der Waals surface area contributed by atoms with E-state index in [1.807, 2.05) is 33.3 Å². The van der Waals surface area contributed by atoms with Crippen LogP contribution in [-0.2, 0) is 27.9 Å². The number of phosphoric ester groups is 1. The van der Waals surface area contributed by atoms with E-state index in [-0.39, 0.29) is 31.5 Å². The molecular formula is C69H122N2O7P+. The predicted molar refractivity (Wildman–Crippen MR) is 341 cm³/mol. The highest BCUT2D eigenvalue weighted by Gasteiger charge is 2.30. The summed E-state index contributed by atoms with van der Waals surface area (Å²) in [5.41, 5.74) is 0. The van der Waals surface area contributed by atoms with Crippen molar-refractivity contribution in [3.63, 3.8) is 0 Å². The van der Waals surface area contributed by atoms with Crippen molar-refractivity contribution in [2.75, 3.05) is 40.9 Å². The lowest BCUT2D eigenvalue weighted by molar-refractivity contribution is -0.870. The van der Waals surface area contributed by atoms with E-state index in [2.05, 4.69) is 123 Å². The van der Waals surface area contributed by atoms with Crippen molar-refractivity contribution in [2.24, 2.45) is 0 Å². The van der Waals surface area contributed by atoms with Crippen LogP contribution in [0.2, 0.25) is 0 Å². The van der Waals surface area contributed by atoms with E-state index >= 15 is 0 Å². The fourth-order valence-corrected chi connectivity index (χ4v) is 9.54. The number of carbonyl (C=O) groups is 2. The Morgan fingerprint density at radius 3 is 1.22 bits per heavy atom. The first-order valence-corrected chi connectivity index (χ1v) is 33.7. The van der Waals surface area contributed by atoms with E-state index in [0.717, 1.165) is 122 Å². The first-order chi connectivity index (χ1) is 38.4. The number of nitrogens with zero attached hydrogens (tertiary/aromatic N) is 1. The Bertz CT molecular complexity index is 1720. The highest BCUT2D eigenvalue weighted by atomic mass is 31.2. The molecule has 0 fully saturated rings. The van der Waals surface area contributed by atoms with Crippen LogP contribution in [0.5, 0.6) is 0 Å². The van der Waals surface area contributed by atoms with Crippen LogP contribution in [0.3, 0.4) is 0 Å². The maximum Gasteiger partial charge on any atom is 0.472 e. The minimum Gasteiger partial charge on any atom is -0.456 e. The van der Waals surface area contributed by atoms with Gasteiger partial charge in [0.1, 0.15) is 19.3 Å². The highest BCUT2D eigenvalue weighted by Crippen LogP contribution is 2.43. The molecule has 9 nitrogen and oxygen atoms in total. The summed E-state index contributed by atoms with van der Waals surface area (Å²) in [6.07, 6.45) is 79.5. The van der Waals surface area contributed by atoms with Crippen LogP contribution < -0.4 is 5.32 Å². The Balaban J connectivity index is 5.11. The van der Waals surface area contributed by atoms with Crippen molar-refractivity contribution in [1.29, 1.82) is 0 Å². The molecule has 454 valence electrons. The van der Waals surface area contributed by atoms with Crippen LogP contribution >= 0.6 is 7.82 Å². The second kappa shape index (κ2) is 57.9. The standard InChI is InChI=1S/C69H121N2O7P/c1-7-10-13-16-19-22-25-28-30-31-32-33-34-35-36-37-38-39-40-41-42-44-47-50-53-56-59-62-69(73)78-67(60-57-54-51-48-45-27-24-21-18-15-12-9-3)66(65-77-79(74,75)76-64-63-71(4,5)6)70-68(72)61-58-55-52-49-46-43-29-26-23-20-17-14-11-8-2/h10-11,13-14,19-20,22-23,28-30,32-33,35-36,43,57,60,66-67H,7-9,12,15-18,21,24-27,31,34,37-42,44-56,58-59,61-65H2,1-6H3,(H-,70,72,74,75)/p+1/b13-10-,14-11+,22-19-,23-20+,30-28-,33-32-,36-35-,43-29+,60-57-. The number of nitrogens with one attached hydrogen (secondary N) is 1. The quantitative estimate of drug-likeness (QED) is 0.0205. The molecule has 0 saturated carbocycles. The number of amides is 1. The van der Waals surface area contributed by atoms with Crippen molar-refractivity contribution in [2.45, 2.75) is 277 Å². The van der Waals surface area contributed by atoms with Gasteiger partial charge in [0.2, 0.25) is 5.91 Å². The van der Waals surface area contributed by atoms with Gasteiger partial charge in [-0.05, 0) is 109 Å². The molecule has 0 aromatic heterocycles. The molecule has 2 N–H and O–H groups in total. The van der Waals surface area contributed by atoms with Crippen LogP contribution in [-0.4, -0.2) is 74.3 Å². The molecule has 0 aliphatic carbocycles. The summed E-state index contributed by atoms with van der Waals surface area (Å²) < 4.78 is 30.7. The van der Waals surface area contributed by atoms with Gasteiger partial charge in [0.15, 0.2) is 0 Å². The molecule has 0 heterocycles. The second-order valence-electron chi connectivity index (χ2n) is 22.5. The predicted octanol–water partition coefficient (Wildman–Crippen LogP) is 20.1. The van der Waals surface area contributed by atoms with Crippen molar-refractivity contribution in [3.05, 3.63) is 109 Å². The van der Waals surface area contributed by atoms with Crippen LogP contribution in [0.25, 0.3) is 0 Å². The molecule has 0 aliphatic rings. The molecule has 0 radical (unpaired) electrons. The second-order valence-corrected chi connectivity index (χ2v) is 24.0. The van der Waals surface area contributed by atoms with Crippen molar-refractivity contribution in [3.8, 4) is 0 Å². The average molecular weight is 1120 g/mol. The van der Waals surface area contributed by atoms with Gasteiger partial charge in [-0.15, -0.1) is 0 Å². The Morgan fingerprint density at radius 2 is 0.810 bits per heavy atom. The number of allylic oxidation sites excluding steroid dienone is 17. The highest BCUT2D eigenvalue weighted by molar-refractivity contribution is 7.47. The van der Waals surface area contributed by atoms with Gasteiger partial charge in [-0.25, -0.2) is 4.57 Å². The summed E-state index contributed by atoms with van der Waals surface area (Å²) in [6, 6.07) is -0.867. The van der Waals surface area contributed by atoms with E-state index < -0.39 is 20.0 Å². The van der Waals surface area contributed by atoms with Gasteiger partial charge in [0, 0.05) is 12.8 Å². The Labute approximate surface area is 487 Å². The third-order valence-corrected chi connectivity index (χ3v) is 14.7. The smallest absolute Gasteiger partial charge is 0.456 e. The van der Waals surface area contributed by atoms with E-state index in [1.165, 1.54) is 109 Å². The number of quaternary nitrogens is 1. The monoisotopic (exact) mass is 1120 g/mol. The van der Waals surface area contributed by atoms with Crippen LogP contribution in [0, 0.1) is 0 Å². The molecule has 0 aromatic rings. The molecule has 0 rings (SSSR count). The van der Waals surface area contributed by atoms with E-state index in [4.69, 9.17) is 13.8 Å². The average Bonchev–Trinajstić information content (AvgIpc) is 3.41. The van der Waals surface area contributed by atoms with Crippen LogP contribution in [0.4, 0.5) is 0 Å². The Hall–Kier alpha value is -3.33. The number of unbranched alkanes of at least 4 members (excludes halogenated alkanes) is 25. The molecule has 0 bridgehead atoms. The molecule has 1 amide bonds. The Kier molecular flexibility index (Phi) is 55.4. The number of phosphoric acid groups is 1. The molecule has 10 heteroatoms. The molecule has 0 saturated heterocycles. The number of esters is 1. The van der Waals surface area contributed by atoms with Gasteiger partial charge in [0.05, 0.1) is 33.8 Å². The maximum atomic E-state index is 13.5. The maximum absolute atomic E-state index is 13.5. The van der Waals surface area contributed by atoms with Crippen molar-refractivity contribution in [1.82, 2.24) is 5.32 Å². The van der Waals surface area contributed by atoms with Gasteiger partial charge in [-0.2, -0.15) is 0 Å². The molecule has 3 unspecified atom stereocenters. The molecule has 0 aliphatic heterocycles. The number of hydrogen-bond acceptors (Lipinski definition) is 6.